The van der Waals surface area contributed by atoms with Crippen LogP contribution in [0.3, 0.4) is 0 Å². The molecule has 5 nitrogen and oxygen atoms in total. The van der Waals surface area contributed by atoms with Gasteiger partial charge in [0.25, 0.3) is 0 Å². The van der Waals surface area contributed by atoms with Crippen molar-refractivity contribution >= 4 is 21.9 Å². The highest BCUT2D eigenvalue weighted by Gasteiger charge is 2.16. The van der Waals surface area contributed by atoms with Crippen LogP contribution in [0.25, 0.3) is 16.9 Å². The monoisotopic (exact) mass is 527 g/mol. The van der Waals surface area contributed by atoms with Crippen LogP contribution in [0.5, 0.6) is 11.5 Å². The summed E-state index contributed by atoms with van der Waals surface area (Å²) in [5.74, 6) is -0.357. The minimum absolute atomic E-state index is 0.0648. The summed E-state index contributed by atoms with van der Waals surface area (Å²) in [6, 6.07) is 22.5. The van der Waals surface area contributed by atoms with Crippen LogP contribution in [-0.2, 0) is 6.61 Å². The Kier molecular flexibility index (Phi) is 6.98. The summed E-state index contributed by atoms with van der Waals surface area (Å²) in [5.41, 5.74) is 4.08. The number of carboxylic acid groups (broad SMARTS) is 1. The third kappa shape index (κ3) is 5.28. The minimum atomic E-state index is -2.90. The van der Waals surface area contributed by atoms with Gasteiger partial charge < -0.3 is 19.1 Å². The second kappa shape index (κ2) is 10.1. The smallest absolute Gasteiger partial charge is 0.387 e. The van der Waals surface area contributed by atoms with Crippen molar-refractivity contribution < 1.29 is 28.2 Å². The quantitative estimate of drug-likeness (QED) is 0.265. The van der Waals surface area contributed by atoms with Crippen LogP contribution in [0.1, 0.15) is 21.6 Å². The lowest BCUT2D eigenvalue weighted by molar-refractivity contribution is -0.0499. The predicted molar refractivity (Wildman–Crippen MR) is 128 cm³/mol. The van der Waals surface area contributed by atoms with Gasteiger partial charge in [-0.05, 0) is 73.2 Å². The van der Waals surface area contributed by atoms with Crippen LogP contribution in [0.2, 0.25) is 0 Å². The van der Waals surface area contributed by atoms with Gasteiger partial charge in [-0.2, -0.15) is 8.78 Å². The molecule has 0 spiro atoms. The normalized spacial score (nSPS) is 11.0. The molecule has 1 aromatic heterocycles. The van der Waals surface area contributed by atoms with Crippen LogP contribution >= 0.6 is 15.9 Å². The van der Waals surface area contributed by atoms with Gasteiger partial charge in [-0.25, -0.2) is 4.79 Å². The van der Waals surface area contributed by atoms with E-state index in [1.807, 2.05) is 47.9 Å². The number of hydrogen-bond acceptors (Lipinski definition) is 3. The number of benzene rings is 3. The molecular formula is C26H20BrF2NO4. The van der Waals surface area contributed by atoms with E-state index in [0.717, 1.165) is 21.4 Å². The molecule has 0 aliphatic carbocycles. The van der Waals surface area contributed by atoms with E-state index >= 15 is 0 Å². The third-order valence-corrected chi connectivity index (χ3v) is 5.66. The Morgan fingerprint density at radius 1 is 1.03 bits per heavy atom. The van der Waals surface area contributed by atoms with Crippen molar-refractivity contribution in [3.8, 4) is 28.4 Å². The highest BCUT2D eigenvalue weighted by Crippen LogP contribution is 2.36. The Morgan fingerprint density at radius 2 is 1.82 bits per heavy atom. The van der Waals surface area contributed by atoms with Crippen LogP contribution in [0.15, 0.2) is 83.3 Å². The molecule has 0 fully saturated rings. The van der Waals surface area contributed by atoms with E-state index in [-0.39, 0.29) is 17.9 Å². The molecule has 0 amide bonds. The average molecular weight is 528 g/mol. The Bertz CT molecular complexity index is 1340. The van der Waals surface area contributed by atoms with Gasteiger partial charge in [-0.15, -0.1) is 0 Å². The molecule has 1 heterocycles. The van der Waals surface area contributed by atoms with E-state index in [4.69, 9.17) is 4.74 Å². The molecule has 0 radical (unpaired) electrons. The average Bonchev–Trinajstić information content (AvgIpc) is 3.19. The number of carbonyl (C=O) groups is 1. The van der Waals surface area contributed by atoms with E-state index in [0.29, 0.717) is 17.0 Å². The number of hydrogen-bond donors (Lipinski definition) is 1. The second-order valence-electron chi connectivity index (χ2n) is 7.51. The summed E-state index contributed by atoms with van der Waals surface area (Å²) in [4.78, 5) is 11.5. The van der Waals surface area contributed by atoms with Gasteiger partial charge in [0.15, 0.2) is 0 Å². The molecule has 0 saturated heterocycles. The number of aryl methyl sites for hydroxylation is 1. The lowest BCUT2D eigenvalue weighted by Crippen LogP contribution is -2.04. The Labute approximate surface area is 203 Å². The first-order chi connectivity index (χ1) is 16.3. The minimum Gasteiger partial charge on any atom is -0.488 e. The molecular weight excluding hydrogens is 508 g/mol. The summed E-state index contributed by atoms with van der Waals surface area (Å²) in [7, 11) is 0. The van der Waals surface area contributed by atoms with E-state index in [1.165, 1.54) is 12.1 Å². The summed E-state index contributed by atoms with van der Waals surface area (Å²) >= 11 is 3.51. The van der Waals surface area contributed by atoms with Crippen LogP contribution in [-0.4, -0.2) is 22.3 Å². The Morgan fingerprint density at radius 3 is 2.59 bits per heavy atom. The first-order valence-electron chi connectivity index (χ1n) is 10.3. The van der Waals surface area contributed by atoms with Gasteiger partial charge in [-0.3, -0.25) is 0 Å². The highest BCUT2D eigenvalue weighted by molar-refractivity contribution is 9.10. The van der Waals surface area contributed by atoms with Crippen molar-refractivity contribution in [2.75, 3.05) is 0 Å². The molecule has 0 aliphatic heterocycles. The molecule has 0 unspecified atom stereocenters. The maximum Gasteiger partial charge on any atom is 0.387 e. The zero-order chi connectivity index (χ0) is 24.2. The fourth-order valence-electron chi connectivity index (χ4n) is 3.67. The summed E-state index contributed by atoms with van der Waals surface area (Å²) < 4.78 is 38.4. The predicted octanol–water partition coefficient (Wildman–Crippen LogP) is 7.09. The third-order valence-electron chi connectivity index (χ3n) is 5.16. The van der Waals surface area contributed by atoms with Crippen LogP contribution in [0, 0.1) is 6.92 Å². The number of rotatable bonds is 8. The van der Waals surface area contributed by atoms with Gasteiger partial charge in [0.05, 0.1) is 11.3 Å². The van der Waals surface area contributed by atoms with Crippen molar-refractivity contribution in [3.63, 3.8) is 0 Å². The molecule has 174 valence electrons. The number of ether oxygens (including phenoxy) is 2. The molecule has 0 bridgehead atoms. The number of halogens is 3. The lowest BCUT2D eigenvalue weighted by atomic mass is 10.1. The first-order valence-corrected chi connectivity index (χ1v) is 11.1. The van der Waals surface area contributed by atoms with Gasteiger partial charge in [-0.1, -0.05) is 34.1 Å². The van der Waals surface area contributed by atoms with Crippen LogP contribution in [0.4, 0.5) is 8.78 Å². The summed E-state index contributed by atoms with van der Waals surface area (Å²) in [6.45, 7) is -0.822. The van der Waals surface area contributed by atoms with Gasteiger partial charge >= 0.3 is 12.6 Å². The Hall–Kier alpha value is -3.65. The van der Waals surface area contributed by atoms with Crippen molar-refractivity contribution in [1.29, 1.82) is 0 Å². The van der Waals surface area contributed by atoms with Crippen LogP contribution < -0.4 is 9.47 Å². The maximum absolute atomic E-state index is 12.5. The maximum atomic E-state index is 12.5. The number of nitrogens with zero attached hydrogens (tertiary/aromatic N) is 1. The van der Waals surface area contributed by atoms with Crippen molar-refractivity contribution in [3.05, 3.63) is 100 Å². The molecule has 0 aliphatic rings. The van der Waals surface area contributed by atoms with Gasteiger partial charge in [0.2, 0.25) is 0 Å². The second-order valence-corrected chi connectivity index (χ2v) is 8.42. The topological polar surface area (TPSA) is 60.7 Å². The van der Waals surface area contributed by atoms with E-state index in [2.05, 4.69) is 20.7 Å². The summed E-state index contributed by atoms with van der Waals surface area (Å²) in [6.07, 6.45) is 0. The van der Waals surface area contributed by atoms with E-state index in [9.17, 15) is 18.7 Å². The summed E-state index contributed by atoms with van der Waals surface area (Å²) in [5, 5.41) is 9.40. The number of aromatic carboxylic acids is 1. The molecule has 4 aromatic rings. The number of alkyl halides is 2. The number of carboxylic acids is 1. The fourth-order valence-corrected chi connectivity index (χ4v) is 4.03. The first kappa shape index (κ1) is 23.5. The lowest BCUT2D eigenvalue weighted by Gasteiger charge is -2.17. The molecule has 4 rings (SSSR count). The molecule has 1 N–H and O–H groups in total. The largest absolute Gasteiger partial charge is 0.488 e. The molecule has 3 aromatic carbocycles. The zero-order valence-corrected chi connectivity index (χ0v) is 19.6. The molecule has 0 atom stereocenters. The highest BCUT2D eigenvalue weighted by atomic mass is 79.9. The molecule has 0 saturated carbocycles. The fraction of sp³-hybridized carbons (Fsp3) is 0.115. The number of aromatic nitrogens is 1. The van der Waals surface area contributed by atoms with Crippen molar-refractivity contribution in [2.45, 2.75) is 20.1 Å². The zero-order valence-electron chi connectivity index (χ0n) is 18.0. The van der Waals surface area contributed by atoms with E-state index in [1.54, 1.807) is 30.3 Å². The molecule has 8 heteroatoms. The van der Waals surface area contributed by atoms with Gasteiger partial charge in [0.1, 0.15) is 18.1 Å². The Balaban J connectivity index is 1.69. The van der Waals surface area contributed by atoms with Gasteiger partial charge in [0, 0.05) is 21.4 Å². The van der Waals surface area contributed by atoms with E-state index < -0.39 is 12.6 Å². The van der Waals surface area contributed by atoms with Crippen molar-refractivity contribution in [1.82, 2.24) is 4.57 Å². The molecule has 34 heavy (non-hydrogen) atoms. The van der Waals surface area contributed by atoms with Crippen molar-refractivity contribution in [2.24, 2.45) is 0 Å². The SMILES string of the molecule is Cc1ccc(-c2cc(Br)ccc2OCc2cccc(OC(F)F)c2)n1-c1cccc(C(=O)O)c1. The standard InChI is InChI=1S/C26H20BrF2NO4/c1-16-8-10-23(30(16)20-6-3-5-18(13-20)25(31)32)22-14-19(27)9-11-24(22)33-15-17-4-2-7-21(12-17)34-26(28)29/h2-14,26H,15H2,1H3,(H,31,32).